The summed E-state index contributed by atoms with van der Waals surface area (Å²) < 4.78 is 1.83. The van der Waals surface area contributed by atoms with Crippen molar-refractivity contribution in [2.75, 3.05) is 12.3 Å². The number of benzene rings is 1. The Morgan fingerprint density at radius 2 is 2.21 bits per heavy atom. The summed E-state index contributed by atoms with van der Waals surface area (Å²) in [6.07, 6.45) is 6.69. The number of carbonyl (C=O) groups excluding carboxylic acids is 1. The van der Waals surface area contributed by atoms with Gasteiger partial charge in [0.25, 0.3) is 0 Å². The number of hydrogen-bond acceptors (Lipinski definition) is 4. The van der Waals surface area contributed by atoms with Crippen molar-refractivity contribution in [3.8, 4) is 18.0 Å². The third-order valence-electron chi connectivity index (χ3n) is 2.27. The van der Waals surface area contributed by atoms with Crippen molar-refractivity contribution in [1.29, 1.82) is 0 Å². The Labute approximate surface area is 115 Å². The fourth-order valence-corrected chi connectivity index (χ4v) is 2.18. The molecular formula is C13H12N4OS. The maximum Gasteiger partial charge on any atom is 0.231 e. The van der Waals surface area contributed by atoms with Crippen molar-refractivity contribution in [2.24, 2.45) is 0 Å². The zero-order valence-corrected chi connectivity index (χ0v) is 10.9. The molecule has 2 rings (SSSR count). The van der Waals surface area contributed by atoms with Gasteiger partial charge in [-0.2, -0.15) is 0 Å². The highest BCUT2D eigenvalue weighted by Gasteiger charge is 2.09. The van der Waals surface area contributed by atoms with Gasteiger partial charge in [0.05, 0.1) is 12.3 Å². The van der Waals surface area contributed by atoms with Gasteiger partial charge in [0, 0.05) is 5.69 Å². The van der Waals surface area contributed by atoms with E-state index in [-0.39, 0.29) is 18.2 Å². The number of nitrogens with one attached hydrogen (secondary N) is 1. The molecule has 1 aromatic carbocycles. The van der Waals surface area contributed by atoms with E-state index in [1.165, 1.54) is 11.8 Å². The third-order valence-corrected chi connectivity index (χ3v) is 3.21. The van der Waals surface area contributed by atoms with E-state index in [2.05, 4.69) is 21.4 Å². The smallest absolute Gasteiger partial charge is 0.231 e. The van der Waals surface area contributed by atoms with Crippen molar-refractivity contribution in [3.05, 3.63) is 36.7 Å². The Morgan fingerprint density at radius 3 is 2.95 bits per heavy atom. The summed E-state index contributed by atoms with van der Waals surface area (Å²) in [6.45, 7) is 0.241. The number of hydrogen-bond donors (Lipinski definition) is 1. The molecule has 0 bridgehead atoms. The van der Waals surface area contributed by atoms with Gasteiger partial charge in [-0.1, -0.05) is 35.9 Å². The number of thioether (sulfide) groups is 1. The molecule has 1 heterocycles. The molecule has 0 aliphatic carbocycles. The van der Waals surface area contributed by atoms with E-state index in [9.17, 15) is 4.79 Å². The minimum atomic E-state index is -0.120. The first-order chi connectivity index (χ1) is 9.31. The van der Waals surface area contributed by atoms with Crippen LogP contribution in [0.25, 0.3) is 5.69 Å². The number of rotatable bonds is 5. The van der Waals surface area contributed by atoms with Crippen LogP contribution in [-0.4, -0.2) is 33.0 Å². The van der Waals surface area contributed by atoms with Crippen LogP contribution >= 0.6 is 11.8 Å². The van der Waals surface area contributed by atoms with Gasteiger partial charge in [0.2, 0.25) is 5.91 Å². The van der Waals surface area contributed by atoms with Crippen LogP contribution in [0.2, 0.25) is 0 Å². The van der Waals surface area contributed by atoms with Crippen LogP contribution in [0, 0.1) is 12.3 Å². The molecule has 0 spiro atoms. The Bertz CT molecular complexity index is 588. The van der Waals surface area contributed by atoms with E-state index in [1.54, 1.807) is 6.33 Å². The standard InChI is InChI=1S/C13H12N4OS/c1-2-8-14-12(18)9-19-13-16-15-10-17(13)11-6-4-3-5-7-11/h1,3-7,10H,8-9H2,(H,14,18). The van der Waals surface area contributed by atoms with Crippen molar-refractivity contribution in [2.45, 2.75) is 5.16 Å². The van der Waals surface area contributed by atoms with Crippen molar-refractivity contribution in [3.63, 3.8) is 0 Å². The summed E-state index contributed by atoms with van der Waals surface area (Å²) in [5.74, 6) is 2.49. The van der Waals surface area contributed by atoms with Gasteiger partial charge in [-0.3, -0.25) is 9.36 Å². The first kappa shape index (κ1) is 13.2. The Kier molecular flexibility index (Phi) is 4.59. The molecule has 0 aliphatic rings. The van der Waals surface area contributed by atoms with Gasteiger partial charge < -0.3 is 5.32 Å². The second-order valence-electron chi connectivity index (χ2n) is 3.59. The van der Waals surface area contributed by atoms with E-state index >= 15 is 0 Å². The molecule has 0 aliphatic heterocycles. The Balaban J connectivity index is 2.01. The van der Waals surface area contributed by atoms with Gasteiger partial charge >= 0.3 is 0 Å². The Morgan fingerprint density at radius 1 is 1.42 bits per heavy atom. The lowest BCUT2D eigenvalue weighted by atomic mass is 10.3. The molecule has 5 nitrogen and oxygen atoms in total. The van der Waals surface area contributed by atoms with Crippen LogP contribution < -0.4 is 5.32 Å². The maximum absolute atomic E-state index is 11.5. The summed E-state index contributed by atoms with van der Waals surface area (Å²) in [5, 5.41) is 11.1. The molecular weight excluding hydrogens is 260 g/mol. The molecule has 96 valence electrons. The lowest BCUT2D eigenvalue weighted by Gasteiger charge is -2.05. The zero-order chi connectivity index (χ0) is 13.5. The average Bonchev–Trinajstić information content (AvgIpc) is 2.92. The molecule has 1 N–H and O–H groups in total. The van der Waals surface area contributed by atoms with E-state index < -0.39 is 0 Å². The van der Waals surface area contributed by atoms with Gasteiger partial charge in [-0.05, 0) is 12.1 Å². The Hall–Kier alpha value is -2.26. The molecule has 0 saturated carbocycles. The highest BCUT2D eigenvalue weighted by Crippen LogP contribution is 2.18. The minimum absolute atomic E-state index is 0.120. The fourth-order valence-electron chi connectivity index (χ4n) is 1.42. The topological polar surface area (TPSA) is 59.8 Å². The SMILES string of the molecule is C#CCNC(=O)CSc1nncn1-c1ccccc1. The number of para-hydroxylation sites is 1. The average molecular weight is 272 g/mol. The maximum atomic E-state index is 11.5. The van der Waals surface area contributed by atoms with Gasteiger partial charge in [0.15, 0.2) is 5.16 Å². The van der Waals surface area contributed by atoms with Crippen LogP contribution in [-0.2, 0) is 4.79 Å². The van der Waals surface area contributed by atoms with Crippen LogP contribution in [0.5, 0.6) is 0 Å². The largest absolute Gasteiger partial charge is 0.344 e. The highest BCUT2D eigenvalue weighted by molar-refractivity contribution is 7.99. The van der Waals surface area contributed by atoms with Gasteiger partial charge in [-0.25, -0.2) is 0 Å². The molecule has 0 unspecified atom stereocenters. The van der Waals surface area contributed by atoms with E-state index in [0.29, 0.717) is 5.16 Å². The first-order valence-corrected chi connectivity index (χ1v) is 6.58. The molecule has 0 fully saturated rings. The number of aromatic nitrogens is 3. The van der Waals surface area contributed by atoms with Crippen molar-refractivity contribution < 1.29 is 4.79 Å². The molecule has 1 amide bonds. The van der Waals surface area contributed by atoms with Crippen molar-refractivity contribution >= 4 is 17.7 Å². The molecule has 6 heteroatoms. The summed E-state index contributed by atoms with van der Waals surface area (Å²) in [7, 11) is 0. The number of carbonyl (C=O) groups is 1. The molecule has 19 heavy (non-hydrogen) atoms. The lowest BCUT2D eigenvalue weighted by Crippen LogP contribution is -2.25. The fraction of sp³-hybridized carbons (Fsp3) is 0.154. The zero-order valence-electron chi connectivity index (χ0n) is 10.1. The van der Waals surface area contributed by atoms with Gasteiger partial charge in [-0.15, -0.1) is 16.6 Å². The van der Waals surface area contributed by atoms with Crippen LogP contribution in [0.1, 0.15) is 0 Å². The summed E-state index contributed by atoms with van der Waals surface area (Å²) in [6, 6.07) is 9.71. The first-order valence-electron chi connectivity index (χ1n) is 5.59. The quantitative estimate of drug-likeness (QED) is 0.654. The van der Waals surface area contributed by atoms with Crippen molar-refractivity contribution in [1.82, 2.24) is 20.1 Å². The van der Waals surface area contributed by atoms with Crippen LogP contribution in [0.15, 0.2) is 41.8 Å². The molecule has 1 aromatic heterocycles. The monoisotopic (exact) mass is 272 g/mol. The van der Waals surface area contributed by atoms with E-state index in [1.807, 2.05) is 34.9 Å². The number of amides is 1. The minimum Gasteiger partial charge on any atom is -0.344 e. The third kappa shape index (κ3) is 3.60. The normalized spacial score (nSPS) is 9.84. The summed E-state index contributed by atoms with van der Waals surface area (Å²) >= 11 is 1.32. The second kappa shape index (κ2) is 6.61. The van der Waals surface area contributed by atoms with Gasteiger partial charge in [0.1, 0.15) is 6.33 Å². The molecule has 2 aromatic rings. The lowest BCUT2D eigenvalue weighted by molar-refractivity contribution is -0.118. The van der Waals surface area contributed by atoms with Crippen LogP contribution in [0.4, 0.5) is 0 Å². The molecule has 0 saturated heterocycles. The number of terminal acetylenes is 1. The van der Waals surface area contributed by atoms with Crippen LogP contribution in [0.3, 0.4) is 0 Å². The molecule has 0 radical (unpaired) electrons. The molecule has 0 atom stereocenters. The number of nitrogens with zero attached hydrogens (tertiary/aromatic N) is 3. The predicted molar refractivity (Wildman–Crippen MR) is 73.9 cm³/mol. The second-order valence-corrected chi connectivity index (χ2v) is 4.53. The highest BCUT2D eigenvalue weighted by atomic mass is 32.2. The van der Waals surface area contributed by atoms with E-state index in [0.717, 1.165) is 5.69 Å². The summed E-state index contributed by atoms with van der Waals surface area (Å²) in [4.78, 5) is 11.5. The van der Waals surface area contributed by atoms with E-state index in [4.69, 9.17) is 6.42 Å². The summed E-state index contributed by atoms with van der Waals surface area (Å²) in [5.41, 5.74) is 0.957. The predicted octanol–water partition coefficient (Wildman–Crippen LogP) is 1.11.